The van der Waals surface area contributed by atoms with E-state index in [1.54, 1.807) is 44.5 Å². The van der Waals surface area contributed by atoms with Crippen LogP contribution in [0.25, 0.3) is 10.9 Å². The molecule has 0 unspecified atom stereocenters. The number of nitrogens with zero attached hydrogens (tertiary/aromatic N) is 1. The quantitative estimate of drug-likeness (QED) is 0.752. The summed E-state index contributed by atoms with van der Waals surface area (Å²) in [5.74, 6) is 0.137. The third-order valence-electron chi connectivity index (χ3n) is 3.84. The SMILES string of the molecule is COc1cccc(NC(=O)CN(C)C(=O)c2cc3ccccc3[nH]2)c1. The predicted molar refractivity (Wildman–Crippen MR) is 96.9 cm³/mol. The lowest BCUT2D eigenvalue weighted by atomic mass is 10.2. The molecule has 0 spiro atoms. The van der Waals surface area contributed by atoms with Gasteiger partial charge < -0.3 is 19.9 Å². The molecule has 2 N–H and O–H groups in total. The number of fused-ring (bicyclic) bond motifs is 1. The molecule has 0 atom stereocenters. The topological polar surface area (TPSA) is 74.4 Å². The number of hydrogen-bond donors (Lipinski definition) is 2. The van der Waals surface area contributed by atoms with Gasteiger partial charge in [0, 0.05) is 29.7 Å². The van der Waals surface area contributed by atoms with Gasteiger partial charge in [0.25, 0.3) is 5.91 Å². The number of amides is 2. The van der Waals surface area contributed by atoms with Crippen LogP contribution in [0.3, 0.4) is 0 Å². The highest BCUT2D eigenvalue weighted by molar-refractivity contribution is 6.01. The zero-order chi connectivity index (χ0) is 17.8. The molecular weight excluding hydrogens is 318 g/mol. The Hall–Kier alpha value is -3.28. The molecule has 128 valence electrons. The lowest BCUT2D eigenvalue weighted by molar-refractivity contribution is -0.116. The molecule has 0 fully saturated rings. The van der Waals surface area contributed by atoms with Crippen molar-refractivity contribution in [1.82, 2.24) is 9.88 Å². The minimum atomic E-state index is -0.278. The minimum absolute atomic E-state index is 0.0502. The van der Waals surface area contributed by atoms with Gasteiger partial charge in [0.15, 0.2) is 0 Å². The van der Waals surface area contributed by atoms with Crippen molar-refractivity contribution < 1.29 is 14.3 Å². The van der Waals surface area contributed by atoms with Crippen LogP contribution in [0.1, 0.15) is 10.5 Å². The van der Waals surface area contributed by atoms with E-state index < -0.39 is 0 Å². The van der Waals surface area contributed by atoms with Gasteiger partial charge in [-0.2, -0.15) is 0 Å². The molecule has 1 heterocycles. The van der Waals surface area contributed by atoms with Gasteiger partial charge in [-0.25, -0.2) is 0 Å². The average Bonchev–Trinajstić information content (AvgIpc) is 3.05. The van der Waals surface area contributed by atoms with Crippen molar-refractivity contribution >= 4 is 28.4 Å². The van der Waals surface area contributed by atoms with E-state index in [-0.39, 0.29) is 18.4 Å². The summed E-state index contributed by atoms with van der Waals surface area (Å²) in [7, 11) is 3.16. The number of hydrogen-bond acceptors (Lipinski definition) is 3. The molecule has 3 rings (SSSR count). The van der Waals surface area contributed by atoms with E-state index in [2.05, 4.69) is 10.3 Å². The Labute approximate surface area is 145 Å². The summed E-state index contributed by atoms with van der Waals surface area (Å²) in [5.41, 5.74) is 1.97. The second-order valence-electron chi connectivity index (χ2n) is 5.71. The smallest absolute Gasteiger partial charge is 0.270 e. The third-order valence-corrected chi connectivity index (χ3v) is 3.84. The van der Waals surface area contributed by atoms with Crippen molar-refractivity contribution in [2.24, 2.45) is 0 Å². The van der Waals surface area contributed by atoms with Gasteiger partial charge in [-0.15, -0.1) is 0 Å². The van der Waals surface area contributed by atoms with Crippen molar-refractivity contribution in [2.45, 2.75) is 0 Å². The number of likely N-dealkylation sites (N-methyl/N-ethyl adjacent to an activating group) is 1. The highest BCUT2D eigenvalue weighted by atomic mass is 16.5. The maximum absolute atomic E-state index is 12.5. The molecule has 25 heavy (non-hydrogen) atoms. The minimum Gasteiger partial charge on any atom is -0.497 e. The fourth-order valence-corrected chi connectivity index (χ4v) is 2.58. The third kappa shape index (κ3) is 3.80. The van der Waals surface area contributed by atoms with Crippen LogP contribution < -0.4 is 10.1 Å². The van der Waals surface area contributed by atoms with Gasteiger partial charge in [-0.1, -0.05) is 24.3 Å². The van der Waals surface area contributed by atoms with Crippen molar-refractivity contribution in [1.29, 1.82) is 0 Å². The van der Waals surface area contributed by atoms with Crippen molar-refractivity contribution in [3.63, 3.8) is 0 Å². The molecule has 0 saturated carbocycles. The molecule has 3 aromatic rings. The number of rotatable bonds is 5. The molecule has 0 aliphatic rings. The van der Waals surface area contributed by atoms with Gasteiger partial charge >= 0.3 is 0 Å². The summed E-state index contributed by atoms with van der Waals surface area (Å²) in [5, 5.41) is 3.72. The Morgan fingerprint density at radius 3 is 2.68 bits per heavy atom. The van der Waals surface area contributed by atoms with E-state index in [4.69, 9.17) is 4.74 Å². The molecule has 6 nitrogen and oxygen atoms in total. The number of aromatic nitrogens is 1. The number of para-hydroxylation sites is 1. The number of carbonyl (C=O) groups excluding carboxylic acids is 2. The number of benzene rings is 2. The first-order valence-electron chi connectivity index (χ1n) is 7.84. The summed E-state index contributed by atoms with van der Waals surface area (Å²) < 4.78 is 5.12. The van der Waals surface area contributed by atoms with E-state index in [1.807, 2.05) is 24.3 Å². The standard InChI is InChI=1S/C19H19N3O3/c1-22(12-18(23)20-14-7-5-8-15(11-14)25-2)19(24)17-10-13-6-3-4-9-16(13)21-17/h3-11,21H,12H2,1-2H3,(H,20,23). The largest absolute Gasteiger partial charge is 0.497 e. The van der Waals surface area contributed by atoms with Crippen LogP contribution in [0, 0.1) is 0 Å². The Bertz CT molecular complexity index is 884. The molecule has 2 amide bonds. The number of aromatic amines is 1. The van der Waals surface area contributed by atoms with Gasteiger partial charge in [0.1, 0.15) is 11.4 Å². The van der Waals surface area contributed by atoms with Crippen LogP contribution in [-0.2, 0) is 4.79 Å². The van der Waals surface area contributed by atoms with E-state index in [9.17, 15) is 9.59 Å². The first kappa shape index (κ1) is 16.6. The summed E-state index contributed by atoms with van der Waals surface area (Å²) in [6.07, 6.45) is 0. The molecule has 0 radical (unpaired) electrons. The van der Waals surface area contributed by atoms with E-state index in [1.165, 1.54) is 4.90 Å². The first-order valence-corrected chi connectivity index (χ1v) is 7.84. The zero-order valence-corrected chi connectivity index (χ0v) is 14.1. The molecule has 2 aromatic carbocycles. The zero-order valence-electron chi connectivity index (χ0n) is 14.1. The highest BCUT2D eigenvalue weighted by Gasteiger charge is 2.17. The van der Waals surface area contributed by atoms with Gasteiger partial charge in [-0.05, 0) is 24.3 Å². The fraction of sp³-hybridized carbons (Fsp3) is 0.158. The number of methoxy groups -OCH3 is 1. The Kier molecular flexibility index (Phi) is 4.70. The lowest BCUT2D eigenvalue weighted by Crippen LogP contribution is -2.35. The molecule has 0 saturated heterocycles. The monoisotopic (exact) mass is 337 g/mol. The first-order chi connectivity index (χ1) is 12.1. The maximum atomic E-state index is 12.5. The summed E-state index contributed by atoms with van der Waals surface area (Å²) >= 11 is 0. The molecule has 0 bridgehead atoms. The molecule has 0 aliphatic carbocycles. The van der Waals surface area contributed by atoms with Crippen molar-refractivity contribution in [2.75, 3.05) is 26.0 Å². The molecule has 0 aliphatic heterocycles. The van der Waals surface area contributed by atoms with Crippen LogP contribution in [0.2, 0.25) is 0 Å². The molecule has 1 aromatic heterocycles. The Morgan fingerprint density at radius 1 is 1.12 bits per heavy atom. The van der Waals surface area contributed by atoms with Gasteiger partial charge in [0.2, 0.25) is 5.91 Å². The number of ether oxygens (including phenoxy) is 1. The van der Waals surface area contributed by atoms with E-state index >= 15 is 0 Å². The van der Waals surface area contributed by atoms with Gasteiger partial charge in [-0.3, -0.25) is 9.59 Å². The number of anilines is 1. The highest BCUT2D eigenvalue weighted by Crippen LogP contribution is 2.17. The summed E-state index contributed by atoms with van der Waals surface area (Å²) in [6.45, 7) is -0.0502. The van der Waals surface area contributed by atoms with Crippen molar-refractivity contribution in [3.8, 4) is 5.75 Å². The fourth-order valence-electron chi connectivity index (χ4n) is 2.58. The predicted octanol–water partition coefficient (Wildman–Crippen LogP) is 2.89. The summed E-state index contributed by atoms with van der Waals surface area (Å²) in [4.78, 5) is 29.1. The van der Waals surface area contributed by atoms with Crippen LogP contribution in [0.4, 0.5) is 5.69 Å². The van der Waals surface area contributed by atoms with Crippen LogP contribution in [0.5, 0.6) is 5.75 Å². The van der Waals surface area contributed by atoms with Crippen LogP contribution in [0.15, 0.2) is 54.6 Å². The van der Waals surface area contributed by atoms with E-state index in [0.29, 0.717) is 17.1 Å². The van der Waals surface area contributed by atoms with Crippen LogP contribution in [-0.4, -0.2) is 42.4 Å². The maximum Gasteiger partial charge on any atom is 0.270 e. The van der Waals surface area contributed by atoms with Crippen molar-refractivity contribution in [3.05, 3.63) is 60.3 Å². The Morgan fingerprint density at radius 2 is 1.92 bits per heavy atom. The van der Waals surface area contributed by atoms with E-state index in [0.717, 1.165) is 10.9 Å². The lowest BCUT2D eigenvalue weighted by Gasteiger charge is -2.16. The number of nitrogens with one attached hydrogen (secondary N) is 2. The van der Waals surface area contributed by atoms with Crippen LogP contribution >= 0.6 is 0 Å². The Balaban J connectivity index is 1.65. The normalized spacial score (nSPS) is 10.5. The number of H-pyrrole nitrogens is 1. The molecular formula is C19H19N3O3. The van der Waals surface area contributed by atoms with Gasteiger partial charge in [0.05, 0.1) is 13.7 Å². The second-order valence-corrected chi connectivity index (χ2v) is 5.71. The summed E-state index contributed by atoms with van der Waals surface area (Å²) in [6, 6.07) is 16.5. The molecule has 6 heteroatoms. The second kappa shape index (κ2) is 7.09. The average molecular weight is 337 g/mol. The number of carbonyl (C=O) groups is 2.